The van der Waals surface area contributed by atoms with Gasteiger partial charge >= 0.3 is 12.1 Å². The summed E-state index contributed by atoms with van der Waals surface area (Å²) < 4.78 is 11.4. The van der Waals surface area contributed by atoms with E-state index < -0.39 is 12.1 Å². The number of nitrogens with one attached hydrogen (secondary N) is 2. The highest BCUT2D eigenvalue weighted by Gasteiger charge is 2.37. The number of H-pyrrole nitrogens is 1. The number of morpholine rings is 1. The minimum absolute atomic E-state index is 0.0464. The topological polar surface area (TPSA) is 103 Å². The first-order chi connectivity index (χ1) is 16.0. The SMILES string of the molecule is C=CCOC(=O)N1CCN(C(=O)N2CCOCC2)CC1c1cc(NCc2ccc(Cl)s2)n[nH]1. The normalized spacial score (nSPS) is 18.8. The summed E-state index contributed by atoms with van der Waals surface area (Å²) in [6.45, 7) is 7.62. The predicted molar refractivity (Wildman–Crippen MR) is 126 cm³/mol. The molecule has 12 heteroatoms. The second-order valence-corrected chi connectivity index (χ2v) is 9.47. The van der Waals surface area contributed by atoms with Gasteiger partial charge in [0.05, 0.1) is 35.8 Å². The third kappa shape index (κ3) is 5.79. The van der Waals surface area contributed by atoms with Crippen LogP contribution in [0.3, 0.4) is 0 Å². The Morgan fingerprint density at radius 3 is 2.85 bits per heavy atom. The predicted octanol–water partition coefficient (Wildman–Crippen LogP) is 3.17. The maximum atomic E-state index is 13.0. The van der Waals surface area contributed by atoms with Crippen molar-refractivity contribution in [2.24, 2.45) is 0 Å². The van der Waals surface area contributed by atoms with Gasteiger partial charge in [0.1, 0.15) is 12.4 Å². The van der Waals surface area contributed by atoms with Gasteiger partial charge in [-0.25, -0.2) is 9.59 Å². The number of ether oxygens (including phenoxy) is 2. The van der Waals surface area contributed by atoms with Gasteiger partial charge in [-0.2, -0.15) is 5.10 Å². The number of halogens is 1. The molecule has 10 nitrogen and oxygen atoms in total. The van der Waals surface area contributed by atoms with E-state index in [1.165, 1.54) is 17.4 Å². The molecule has 2 N–H and O–H groups in total. The quantitative estimate of drug-likeness (QED) is 0.598. The molecular formula is C21H27ClN6O4S. The maximum absolute atomic E-state index is 13.0. The molecule has 0 radical (unpaired) electrons. The molecule has 178 valence electrons. The molecule has 2 aromatic rings. The van der Waals surface area contributed by atoms with Gasteiger partial charge in [0.25, 0.3) is 0 Å². The van der Waals surface area contributed by atoms with Gasteiger partial charge in [0, 0.05) is 43.7 Å². The number of nitrogens with zero attached hydrogens (tertiary/aromatic N) is 4. The fraction of sp³-hybridized carbons (Fsp3) is 0.476. The van der Waals surface area contributed by atoms with Gasteiger partial charge in [-0.3, -0.25) is 10.00 Å². The molecule has 1 unspecified atom stereocenters. The molecular weight excluding hydrogens is 468 g/mol. The van der Waals surface area contributed by atoms with Crippen molar-refractivity contribution in [1.82, 2.24) is 24.9 Å². The number of rotatable bonds is 6. The van der Waals surface area contributed by atoms with Crippen LogP contribution < -0.4 is 5.32 Å². The number of anilines is 1. The average molecular weight is 495 g/mol. The Hall–Kier alpha value is -2.76. The number of carbonyl (C=O) groups is 2. The van der Waals surface area contributed by atoms with Gasteiger partial charge in [-0.15, -0.1) is 11.3 Å². The Morgan fingerprint density at radius 2 is 2.12 bits per heavy atom. The molecule has 4 heterocycles. The summed E-state index contributed by atoms with van der Waals surface area (Å²) in [6, 6.07) is 5.21. The Balaban J connectivity index is 1.47. The zero-order chi connectivity index (χ0) is 23.2. The summed E-state index contributed by atoms with van der Waals surface area (Å²) in [7, 11) is 0. The van der Waals surface area contributed by atoms with Crippen LogP contribution in [-0.4, -0.2) is 89.6 Å². The van der Waals surface area contributed by atoms with Gasteiger partial charge in [0.2, 0.25) is 0 Å². The molecule has 33 heavy (non-hydrogen) atoms. The zero-order valence-corrected chi connectivity index (χ0v) is 19.7. The third-order valence-corrected chi connectivity index (χ3v) is 6.75. The molecule has 1 atom stereocenters. The number of thiophene rings is 1. The van der Waals surface area contributed by atoms with Crippen LogP contribution in [0.5, 0.6) is 0 Å². The molecule has 0 aliphatic carbocycles. The van der Waals surface area contributed by atoms with Crippen molar-refractivity contribution in [1.29, 1.82) is 0 Å². The van der Waals surface area contributed by atoms with E-state index in [0.29, 0.717) is 58.3 Å². The zero-order valence-electron chi connectivity index (χ0n) is 18.2. The number of aromatic nitrogens is 2. The molecule has 0 bridgehead atoms. The lowest BCUT2D eigenvalue weighted by Gasteiger charge is -2.42. The highest BCUT2D eigenvalue weighted by atomic mass is 35.5. The van der Waals surface area contributed by atoms with Crippen molar-refractivity contribution in [2.75, 3.05) is 57.9 Å². The van der Waals surface area contributed by atoms with Gasteiger partial charge in [0.15, 0.2) is 0 Å². The molecule has 0 aromatic carbocycles. The smallest absolute Gasteiger partial charge is 0.410 e. The molecule has 0 spiro atoms. The minimum Gasteiger partial charge on any atom is -0.445 e. The fourth-order valence-electron chi connectivity index (χ4n) is 3.83. The van der Waals surface area contributed by atoms with Crippen LogP contribution in [0, 0.1) is 0 Å². The van der Waals surface area contributed by atoms with E-state index >= 15 is 0 Å². The Bertz CT molecular complexity index is 976. The first-order valence-corrected chi connectivity index (χ1v) is 11.9. The van der Waals surface area contributed by atoms with Crippen molar-refractivity contribution in [3.63, 3.8) is 0 Å². The maximum Gasteiger partial charge on any atom is 0.410 e. The lowest BCUT2D eigenvalue weighted by molar-refractivity contribution is 0.0265. The molecule has 2 aliphatic heterocycles. The van der Waals surface area contributed by atoms with Gasteiger partial charge in [-0.1, -0.05) is 24.3 Å². The number of carbonyl (C=O) groups excluding carboxylic acids is 2. The average Bonchev–Trinajstić information content (AvgIpc) is 3.49. The first kappa shape index (κ1) is 23.4. The molecule has 0 saturated carbocycles. The highest BCUT2D eigenvalue weighted by molar-refractivity contribution is 7.16. The third-order valence-electron chi connectivity index (χ3n) is 5.52. The molecule has 2 saturated heterocycles. The number of piperazine rings is 1. The van der Waals surface area contributed by atoms with Gasteiger partial charge in [-0.05, 0) is 12.1 Å². The Morgan fingerprint density at radius 1 is 1.30 bits per heavy atom. The number of hydrogen-bond acceptors (Lipinski definition) is 7. The van der Waals surface area contributed by atoms with Crippen LogP contribution >= 0.6 is 22.9 Å². The number of aromatic amines is 1. The minimum atomic E-state index is -0.448. The molecule has 2 fully saturated rings. The van der Waals surface area contributed by atoms with E-state index in [1.54, 1.807) is 14.7 Å². The van der Waals surface area contributed by atoms with Crippen LogP contribution in [0.15, 0.2) is 30.9 Å². The van der Waals surface area contributed by atoms with Crippen molar-refractivity contribution < 1.29 is 19.1 Å². The van der Waals surface area contributed by atoms with E-state index in [2.05, 4.69) is 22.1 Å². The number of amides is 3. The Labute approximate surface area is 201 Å². The van der Waals surface area contributed by atoms with Crippen molar-refractivity contribution in [2.45, 2.75) is 12.6 Å². The number of hydrogen-bond donors (Lipinski definition) is 2. The lowest BCUT2D eigenvalue weighted by atomic mass is 10.1. The second-order valence-electron chi connectivity index (χ2n) is 7.67. The van der Waals surface area contributed by atoms with E-state index in [-0.39, 0.29) is 12.6 Å². The van der Waals surface area contributed by atoms with Crippen molar-refractivity contribution in [3.8, 4) is 0 Å². The van der Waals surface area contributed by atoms with Crippen molar-refractivity contribution >= 4 is 40.9 Å². The highest BCUT2D eigenvalue weighted by Crippen LogP contribution is 2.28. The van der Waals surface area contributed by atoms with E-state index in [9.17, 15) is 9.59 Å². The second kappa shape index (κ2) is 10.9. The largest absolute Gasteiger partial charge is 0.445 e. The van der Waals surface area contributed by atoms with Crippen LogP contribution in [0.2, 0.25) is 4.34 Å². The lowest BCUT2D eigenvalue weighted by Crippen LogP contribution is -2.56. The summed E-state index contributed by atoms with van der Waals surface area (Å²) in [5.41, 5.74) is 0.719. The molecule has 2 aliphatic rings. The summed E-state index contributed by atoms with van der Waals surface area (Å²) >= 11 is 7.50. The van der Waals surface area contributed by atoms with E-state index in [4.69, 9.17) is 21.1 Å². The summed E-state index contributed by atoms with van der Waals surface area (Å²) in [6.07, 6.45) is 1.08. The van der Waals surface area contributed by atoms with E-state index in [1.807, 2.05) is 18.2 Å². The van der Waals surface area contributed by atoms with Crippen LogP contribution in [-0.2, 0) is 16.0 Å². The molecule has 3 amide bonds. The van der Waals surface area contributed by atoms with Crippen LogP contribution in [0.4, 0.5) is 15.4 Å². The van der Waals surface area contributed by atoms with E-state index in [0.717, 1.165) is 14.9 Å². The summed E-state index contributed by atoms with van der Waals surface area (Å²) in [5, 5.41) is 10.6. The summed E-state index contributed by atoms with van der Waals surface area (Å²) in [4.78, 5) is 32.0. The first-order valence-electron chi connectivity index (χ1n) is 10.7. The molecule has 4 rings (SSSR count). The van der Waals surface area contributed by atoms with Crippen LogP contribution in [0.25, 0.3) is 0 Å². The fourth-order valence-corrected chi connectivity index (χ4v) is 4.86. The summed E-state index contributed by atoms with van der Waals surface area (Å²) in [5.74, 6) is 0.644. The van der Waals surface area contributed by atoms with Gasteiger partial charge < -0.3 is 24.6 Å². The monoisotopic (exact) mass is 494 g/mol. The number of urea groups is 1. The standard InChI is InChI=1S/C21H27ClN6O4S/c1-2-9-32-21(30)28-6-5-27(20(29)26-7-10-31-11-8-26)14-17(28)16-12-19(25-24-16)23-13-15-3-4-18(22)33-15/h2-4,12,17H,1,5-11,13-14H2,(H2,23,24,25). The van der Waals surface area contributed by atoms with Crippen molar-refractivity contribution in [3.05, 3.63) is 45.8 Å². The Kier molecular flexibility index (Phi) is 7.73. The molecule has 2 aromatic heterocycles. The van der Waals surface area contributed by atoms with Crippen LogP contribution in [0.1, 0.15) is 16.6 Å².